The molecule has 0 saturated carbocycles. The molecule has 6 heteroatoms. The maximum absolute atomic E-state index is 11.7. The van der Waals surface area contributed by atoms with Gasteiger partial charge in [0.15, 0.2) is 0 Å². The number of amides is 1. The SMILES string of the molecule is O=C(NCCN1CCOCC1)c1cc(S)cs1. The van der Waals surface area contributed by atoms with Crippen LogP contribution in [0, 0.1) is 0 Å². The molecule has 1 fully saturated rings. The molecule has 0 atom stereocenters. The number of nitrogens with zero attached hydrogens (tertiary/aromatic N) is 1. The number of morpholine rings is 1. The zero-order valence-corrected chi connectivity index (χ0v) is 11.2. The van der Waals surface area contributed by atoms with Crippen molar-refractivity contribution >= 4 is 29.9 Å². The Morgan fingerprint density at radius 3 is 2.94 bits per heavy atom. The summed E-state index contributed by atoms with van der Waals surface area (Å²) in [6.45, 7) is 5.06. The lowest BCUT2D eigenvalue weighted by molar-refractivity contribution is 0.0383. The second-order valence-corrected chi connectivity index (χ2v) is 5.31. The number of hydrogen-bond donors (Lipinski definition) is 2. The Kier molecular flexibility index (Phi) is 4.85. The van der Waals surface area contributed by atoms with Crippen LogP contribution in [0.15, 0.2) is 16.3 Å². The molecule has 1 N–H and O–H groups in total. The van der Waals surface area contributed by atoms with Crippen molar-refractivity contribution in [2.24, 2.45) is 0 Å². The van der Waals surface area contributed by atoms with Crippen molar-refractivity contribution in [1.82, 2.24) is 10.2 Å². The van der Waals surface area contributed by atoms with Gasteiger partial charge in [0.25, 0.3) is 5.91 Å². The minimum absolute atomic E-state index is 0.0106. The van der Waals surface area contributed by atoms with Crippen molar-refractivity contribution in [2.75, 3.05) is 39.4 Å². The van der Waals surface area contributed by atoms with Gasteiger partial charge in [-0.15, -0.1) is 24.0 Å². The zero-order valence-electron chi connectivity index (χ0n) is 9.52. The van der Waals surface area contributed by atoms with Crippen molar-refractivity contribution in [1.29, 1.82) is 0 Å². The van der Waals surface area contributed by atoms with Crippen molar-refractivity contribution in [2.45, 2.75) is 4.90 Å². The molecule has 0 radical (unpaired) electrons. The van der Waals surface area contributed by atoms with E-state index < -0.39 is 0 Å². The Morgan fingerprint density at radius 2 is 2.29 bits per heavy atom. The van der Waals surface area contributed by atoms with Crippen LogP contribution in [0.5, 0.6) is 0 Å². The second kappa shape index (κ2) is 6.39. The molecule has 1 aromatic rings. The second-order valence-electron chi connectivity index (χ2n) is 3.88. The highest BCUT2D eigenvalue weighted by Crippen LogP contribution is 2.17. The van der Waals surface area contributed by atoms with E-state index in [9.17, 15) is 4.79 Å². The number of carbonyl (C=O) groups excluding carboxylic acids is 1. The maximum atomic E-state index is 11.7. The van der Waals surface area contributed by atoms with E-state index in [2.05, 4.69) is 22.8 Å². The molecule has 1 aromatic heterocycles. The van der Waals surface area contributed by atoms with Gasteiger partial charge in [-0.25, -0.2) is 0 Å². The van der Waals surface area contributed by atoms with Crippen LogP contribution in [0.1, 0.15) is 9.67 Å². The third kappa shape index (κ3) is 3.99. The molecule has 2 heterocycles. The fourth-order valence-corrected chi connectivity index (χ4v) is 2.75. The largest absolute Gasteiger partial charge is 0.379 e. The first-order chi connectivity index (χ1) is 8.25. The maximum Gasteiger partial charge on any atom is 0.261 e. The highest BCUT2D eigenvalue weighted by atomic mass is 32.1. The molecular weight excluding hydrogens is 256 g/mol. The van der Waals surface area contributed by atoms with Crippen LogP contribution in [0.25, 0.3) is 0 Å². The molecule has 17 heavy (non-hydrogen) atoms. The molecule has 2 rings (SSSR count). The molecule has 94 valence electrons. The summed E-state index contributed by atoms with van der Waals surface area (Å²) >= 11 is 5.60. The Bertz CT molecular complexity index is 375. The highest BCUT2D eigenvalue weighted by molar-refractivity contribution is 7.80. The van der Waals surface area contributed by atoms with Gasteiger partial charge in [-0.2, -0.15) is 0 Å². The van der Waals surface area contributed by atoms with E-state index in [1.807, 2.05) is 5.38 Å². The van der Waals surface area contributed by atoms with Gasteiger partial charge in [0.2, 0.25) is 0 Å². The predicted molar refractivity (Wildman–Crippen MR) is 71.2 cm³/mol. The summed E-state index contributed by atoms with van der Waals surface area (Å²) in [5.74, 6) is -0.0106. The predicted octanol–water partition coefficient (Wildman–Crippen LogP) is 1.10. The topological polar surface area (TPSA) is 41.6 Å². The van der Waals surface area contributed by atoms with Gasteiger partial charge in [-0.3, -0.25) is 9.69 Å². The minimum Gasteiger partial charge on any atom is -0.379 e. The van der Waals surface area contributed by atoms with Gasteiger partial charge in [-0.05, 0) is 6.07 Å². The van der Waals surface area contributed by atoms with Gasteiger partial charge in [0.05, 0.1) is 18.1 Å². The Morgan fingerprint density at radius 1 is 1.53 bits per heavy atom. The van der Waals surface area contributed by atoms with E-state index in [4.69, 9.17) is 4.74 Å². The van der Waals surface area contributed by atoms with Crippen molar-refractivity contribution in [3.05, 3.63) is 16.3 Å². The lowest BCUT2D eigenvalue weighted by atomic mass is 10.4. The van der Waals surface area contributed by atoms with Crippen molar-refractivity contribution in [3.8, 4) is 0 Å². The van der Waals surface area contributed by atoms with E-state index in [-0.39, 0.29) is 5.91 Å². The molecule has 0 unspecified atom stereocenters. The van der Waals surface area contributed by atoms with Crippen LogP contribution < -0.4 is 5.32 Å². The van der Waals surface area contributed by atoms with Gasteiger partial charge < -0.3 is 10.1 Å². The Labute approximate surface area is 110 Å². The number of thiophene rings is 1. The summed E-state index contributed by atoms with van der Waals surface area (Å²) in [5, 5.41) is 4.78. The molecular formula is C11H16N2O2S2. The smallest absolute Gasteiger partial charge is 0.261 e. The lowest BCUT2D eigenvalue weighted by Gasteiger charge is -2.26. The van der Waals surface area contributed by atoms with Crippen LogP contribution in [-0.4, -0.2) is 50.2 Å². The third-order valence-electron chi connectivity index (χ3n) is 2.63. The summed E-state index contributed by atoms with van der Waals surface area (Å²) in [4.78, 5) is 15.6. The van der Waals surface area contributed by atoms with Crippen molar-refractivity contribution < 1.29 is 9.53 Å². The zero-order chi connectivity index (χ0) is 12.1. The minimum atomic E-state index is -0.0106. The highest BCUT2D eigenvalue weighted by Gasteiger charge is 2.11. The number of thiol groups is 1. The number of rotatable bonds is 4. The number of nitrogens with one attached hydrogen (secondary N) is 1. The Balaban J connectivity index is 1.69. The molecule has 1 saturated heterocycles. The molecule has 0 aliphatic carbocycles. The lowest BCUT2D eigenvalue weighted by Crippen LogP contribution is -2.41. The van der Waals surface area contributed by atoms with Crippen LogP contribution in [-0.2, 0) is 4.74 Å². The Hall–Kier alpha value is -0.560. The molecule has 0 bridgehead atoms. The van der Waals surface area contributed by atoms with E-state index in [0.29, 0.717) is 6.54 Å². The first-order valence-corrected chi connectivity index (χ1v) is 6.94. The first kappa shape index (κ1) is 12.9. The van der Waals surface area contributed by atoms with Crippen LogP contribution in [0.4, 0.5) is 0 Å². The first-order valence-electron chi connectivity index (χ1n) is 5.61. The number of ether oxygens (including phenoxy) is 1. The quantitative estimate of drug-likeness (QED) is 0.807. The van der Waals surface area contributed by atoms with Gasteiger partial charge >= 0.3 is 0 Å². The van der Waals surface area contributed by atoms with Crippen LogP contribution in [0.3, 0.4) is 0 Å². The number of carbonyl (C=O) groups is 1. The fraction of sp³-hybridized carbons (Fsp3) is 0.545. The molecule has 0 aromatic carbocycles. The molecule has 4 nitrogen and oxygen atoms in total. The summed E-state index contributed by atoms with van der Waals surface area (Å²) in [6, 6.07) is 1.79. The van der Waals surface area contributed by atoms with Crippen LogP contribution >= 0.6 is 24.0 Å². The van der Waals surface area contributed by atoms with Crippen LogP contribution in [0.2, 0.25) is 0 Å². The average Bonchev–Trinajstić information content (AvgIpc) is 2.77. The fourth-order valence-electron chi connectivity index (χ4n) is 1.68. The summed E-state index contributed by atoms with van der Waals surface area (Å²) < 4.78 is 5.26. The molecule has 1 amide bonds. The summed E-state index contributed by atoms with van der Waals surface area (Å²) in [6.07, 6.45) is 0. The van der Waals surface area contributed by atoms with Gasteiger partial charge in [0.1, 0.15) is 0 Å². The standard InChI is InChI=1S/C11H16N2O2S2/c14-11(10-7-9(16)8-17-10)12-1-2-13-3-5-15-6-4-13/h7-8,16H,1-6H2,(H,12,14). The van der Waals surface area contributed by atoms with Gasteiger partial charge in [0, 0.05) is 36.5 Å². The average molecular weight is 272 g/mol. The van der Waals surface area contributed by atoms with Gasteiger partial charge in [-0.1, -0.05) is 0 Å². The number of hydrogen-bond acceptors (Lipinski definition) is 5. The molecule has 0 spiro atoms. The third-order valence-corrected chi connectivity index (χ3v) is 3.99. The van der Waals surface area contributed by atoms with E-state index in [0.717, 1.165) is 42.6 Å². The monoisotopic (exact) mass is 272 g/mol. The summed E-state index contributed by atoms with van der Waals surface area (Å²) in [7, 11) is 0. The van der Waals surface area contributed by atoms with Crippen molar-refractivity contribution in [3.63, 3.8) is 0 Å². The molecule has 1 aliphatic rings. The van der Waals surface area contributed by atoms with E-state index >= 15 is 0 Å². The van der Waals surface area contributed by atoms with E-state index in [1.165, 1.54) is 11.3 Å². The molecule has 1 aliphatic heterocycles. The summed E-state index contributed by atoms with van der Waals surface area (Å²) in [5.41, 5.74) is 0. The van der Waals surface area contributed by atoms with E-state index in [1.54, 1.807) is 6.07 Å². The normalized spacial score (nSPS) is 17.0.